The first kappa shape index (κ1) is 14.4. The summed E-state index contributed by atoms with van der Waals surface area (Å²) >= 11 is 11.8. The zero-order chi connectivity index (χ0) is 14.0. The van der Waals surface area contributed by atoms with Crippen molar-refractivity contribution in [2.24, 2.45) is 0 Å². The van der Waals surface area contributed by atoms with Crippen LogP contribution in [0, 0.1) is 0 Å². The van der Waals surface area contributed by atoms with E-state index < -0.39 is 9.05 Å². The zero-order valence-electron chi connectivity index (χ0n) is 9.18. The van der Waals surface area contributed by atoms with Crippen molar-refractivity contribution in [1.82, 2.24) is 4.98 Å². The predicted molar refractivity (Wildman–Crippen MR) is 73.8 cm³/mol. The van der Waals surface area contributed by atoms with Crippen molar-refractivity contribution >= 4 is 42.9 Å². The standard InChI is InChI=1S/C11H6Cl3NO3S/c12-8-2-1-5-15-11(8)18-10-4-3-7(6-9(10)13)19(14,16)17/h1-6H. The van der Waals surface area contributed by atoms with E-state index in [9.17, 15) is 8.42 Å². The minimum atomic E-state index is -3.83. The van der Waals surface area contributed by atoms with Gasteiger partial charge in [-0.15, -0.1) is 0 Å². The van der Waals surface area contributed by atoms with Crippen LogP contribution in [0.4, 0.5) is 0 Å². The van der Waals surface area contributed by atoms with Crippen molar-refractivity contribution in [2.45, 2.75) is 4.90 Å². The molecule has 0 N–H and O–H groups in total. The average Bonchev–Trinajstić information content (AvgIpc) is 2.33. The van der Waals surface area contributed by atoms with E-state index in [-0.39, 0.29) is 21.5 Å². The van der Waals surface area contributed by atoms with E-state index in [1.54, 1.807) is 12.1 Å². The monoisotopic (exact) mass is 337 g/mol. The van der Waals surface area contributed by atoms with Crippen LogP contribution in [0.3, 0.4) is 0 Å². The van der Waals surface area contributed by atoms with Gasteiger partial charge in [0.1, 0.15) is 10.8 Å². The van der Waals surface area contributed by atoms with Gasteiger partial charge in [-0.05, 0) is 30.3 Å². The van der Waals surface area contributed by atoms with E-state index in [4.69, 9.17) is 38.6 Å². The largest absolute Gasteiger partial charge is 0.436 e. The fraction of sp³-hybridized carbons (Fsp3) is 0. The maximum atomic E-state index is 11.1. The second kappa shape index (κ2) is 5.54. The molecule has 4 nitrogen and oxygen atoms in total. The van der Waals surface area contributed by atoms with Crippen LogP contribution < -0.4 is 4.74 Å². The molecule has 8 heteroatoms. The van der Waals surface area contributed by atoms with Crippen LogP contribution in [0.25, 0.3) is 0 Å². The first-order chi connectivity index (χ1) is 8.88. The minimum absolute atomic E-state index is 0.0865. The molecule has 1 aromatic heterocycles. The summed E-state index contributed by atoms with van der Waals surface area (Å²) in [7, 11) is 1.38. The molecule has 100 valence electrons. The Hall–Kier alpha value is -1.01. The lowest BCUT2D eigenvalue weighted by Crippen LogP contribution is -1.93. The zero-order valence-corrected chi connectivity index (χ0v) is 12.3. The molecule has 0 radical (unpaired) electrons. The number of benzene rings is 1. The number of halogens is 3. The Bertz CT molecular complexity index is 719. The summed E-state index contributed by atoms with van der Waals surface area (Å²) in [5.41, 5.74) is 0. The Balaban J connectivity index is 2.36. The van der Waals surface area contributed by atoms with Crippen molar-refractivity contribution in [2.75, 3.05) is 0 Å². The third kappa shape index (κ3) is 3.51. The molecule has 0 aliphatic heterocycles. The highest BCUT2D eigenvalue weighted by Gasteiger charge is 2.14. The molecule has 0 aliphatic carbocycles. The molecule has 0 unspecified atom stereocenters. The number of ether oxygens (including phenoxy) is 1. The van der Waals surface area contributed by atoms with Crippen LogP contribution in [0.5, 0.6) is 11.6 Å². The Morgan fingerprint density at radius 3 is 2.42 bits per heavy atom. The van der Waals surface area contributed by atoms with Gasteiger partial charge in [-0.2, -0.15) is 0 Å². The van der Waals surface area contributed by atoms with Gasteiger partial charge in [0.25, 0.3) is 9.05 Å². The molecule has 0 aliphatic rings. The lowest BCUT2D eigenvalue weighted by Gasteiger charge is -2.08. The summed E-state index contributed by atoms with van der Waals surface area (Å²) in [5.74, 6) is 0.402. The van der Waals surface area contributed by atoms with Crippen molar-refractivity contribution in [3.05, 3.63) is 46.6 Å². The van der Waals surface area contributed by atoms with Gasteiger partial charge in [-0.3, -0.25) is 0 Å². The predicted octanol–water partition coefficient (Wildman–Crippen LogP) is 4.11. The molecule has 2 rings (SSSR count). The minimum Gasteiger partial charge on any atom is -0.436 e. The molecule has 19 heavy (non-hydrogen) atoms. The molecular formula is C11H6Cl3NO3S. The molecule has 0 saturated heterocycles. The number of hydrogen-bond donors (Lipinski definition) is 0. The summed E-state index contributed by atoms with van der Waals surface area (Å²) in [6, 6.07) is 7.11. The highest BCUT2D eigenvalue weighted by Crippen LogP contribution is 2.33. The van der Waals surface area contributed by atoms with E-state index in [1.165, 1.54) is 24.4 Å². The second-order valence-corrected chi connectivity index (χ2v) is 6.80. The molecule has 1 heterocycles. The van der Waals surface area contributed by atoms with E-state index in [2.05, 4.69) is 4.98 Å². The number of aromatic nitrogens is 1. The molecule has 0 saturated carbocycles. The maximum Gasteiger partial charge on any atom is 0.261 e. The van der Waals surface area contributed by atoms with Crippen LogP contribution in [-0.2, 0) is 9.05 Å². The van der Waals surface area contributed by atoms with Gasteiger partial charge in [0.05, 0.1) is 9.92 Å². The quantitative estimate of drug-likeness (QED) is 0.790. The first-order valence-electron chi connectivity index (χ1n) is 4.90. The summed E-state index contributed by atoms with van der Waals surface area (Å²) in [4.78, 5) is 3.82. The SMILES string of the molecule is O=S(=O)(Cl)c1ccc(Oc2ncccc2Cl)c(Cl)c1. The van der Waals surface area contributed by atoms with Crippen LogP contribution in [0.1, 0.15) is 0 Å². The van der Waals surface area contributed by atoms with Crippen molar-refractivity contribution < 1.29 is 13.2 Å². The average molecular weight is 339 g/mol. The van der Waals surface area contributed by atoms with Gasteiger partial charge in [-0.1, -0.05) is 23.2 Å². The Morgan fingerprint density at radius 1 is 1.11 bits per heavy atom. The summed E-state index contributed by atoms with van der Waals surface area (Å²) in [6.07, 6.45) is 1.51. The molecule has 1 aromatic carbocycles. The summed E-state index contributed by atoms with van der Waals surface area (Å²) < 4.78 is 27.7. The van der Waals surface area contributed by atoms with Gasteiger partial charge >= 0.3 is 0 Å². The van der Waals surface area contributed by atoms with Crippen molar-refractivity contribution in [3.63, 3.8) is 0 Å². The first-order valence-corrected chi connectivity index (χ1v) is 7.97. The number of hydrogen-bond acceptors (Lipinski definition) is 4. The lowest BCUT2D eigenvalue weighted by atomic mass is 10.3. The fourth-order valence-electron chi connectivity index (χ4n) is 1.27. The lowest BCUT2D eigenvalue weighted by molar-refractivity contribution is 0.463. The number of pyridine rings is 1. The number of nitrogens with zero attached hydrogens (tertiary/aromatic N) is 1. The maximum absolute atomic E-state index is 11.1. The van der Waals surface area contributed by atoms with E-state index in [0.717, 1.165) is 0 Å². The van der Waals surface area contributed by atoms with Crippen LogP contribution in [0.2, 0.25) is 10.0 Å². The molecule has 2 aromatic rings. The van der Waals surface area contributed by atoms with Gasteiger partial charge in [0, 0.05) is 16.9 Å². The molecule has 0 spiro atoms. The molecule has 0 atom stereocenters. The molecule has 0 amide bonds. The van der Waals surface area contributed by atoms with Crippen LogP contribution in [0.15, 0.2) is 41.4 Å². The van der Waals surface area contributed by atoms with E-state index >= 15 is 0 Å². The highest BCUT2D eigenvalue weighted by atomic mass is 35.7. The summed E-state index contributed by atoms with van der Waals surface area (Å²) in [5, 5.41) is 0.399. The molecular weight excluding hydrogens is 333 g/mol. The topological polar surface area (TPSA) is 56.3 Å². The molecule has 0 bridgehead atoms. The van der Waals surface area contributed by atoms with Crippen molar-refractivity contribution in [1.29, 1.82) is 0 Å². The van der Waals surface area contributed by atoms with Gasteiger partial charge in [-0.25, -0.2) is 13.4 Å². The van der Waals surface area contributed by atoms with Crippen LogP contribution in [-0.4, -0.2) is 13.4 Å². The Kier molecular flexibility index (Phi) is 4.20. The number of rotatable bonds is 3. The van der Waals surface area contributed by atoms with E-state index in [0.29, 0.717) is 5.02 Å². The highest BCUT2D eigenvalue weighted by molar-refractivity contribution is 8.13. The normalized spacial score (nSPS) is 11.3. The Morgan fingerprint density at radius 2 is 1.84 bits per heavy atom. The second-order valence-electron chi connectivity index (χ2n) is 3.42. The third-order valence-corrected chi connectivity index (χ3v) is 4.05. The van der Waals surface area contributed by atoms with Gasteiger partial charge in [0.15, 0.2) is 0 Å². The van der Waals surface area contributed by atoms with Gasteiger partial charge in [0.2, 0.25) is 5.88 Å². The van der Waals surface area contributed by atoms with Crippen molar-refractivity contribution in [3.8, 4) is 11.6 Å². The third-order valence-electron chi connectivity index (χ3n) is 2.12. The fourth-order valence-corrected chi connectivity index (χ4v) is 2.49. The van der Waals surface area contributed by atoms with E-state index in [1.807, 2.05) is 0 Å². The van der Waals surface area contributed by atoms with Crippen LogP contribution >= 0.6 is 33.9 Å². The summed E-state index contributed by atoms with van der Waals surface area (Å²) in [6.45, 7) is 0. The van der Waals surface area contributed by atoms with Gasteiger partial charge < -0.3 is 4.74 Å². The smallest absolute Gasteiger partial charge is 0.261 e. The Labute approximate surface area is 124 Å². The molecule has 0 fully saturated rings.